The molecule has 1 aromatic heterocycles. The van der Waals surface area contributed by atoms with Crippen LogP contribution < -0.4 is 10.6 Å². The van der Waals surface area contributed by atoms with E-state index in [0.29, 0.717) is 18.1 Å². The summed E-state index contributed by atoms with van der Waals surface area (Å²) in [4.78, 5) is 20.7. The van der Waals surface area contributed by atoms with Crippen LogP contribution in [0.2, 0.25) is 0 Å². The minimum Gasteiger partial charge on any atom is -0.348 e. The highest BCUT2D eigenvalue weighted by Gasteiger charge is 2.09. The summed E-state index contributed by atoms with van der Waals surface area (Å²) >= 11 is 0. The van der Waals surface area contributed by atoms with Crippen molar-refractivity contribution >= 4 is 11.9 Å². The van der Waals surface area contributed by atoms with Crippen LogP contribution in [0.15, 0.2) is 67.0 Å². The standard InChI is InChI=1S/C21H22N4O/c1-15-7-6-8-17(11-15)12-22-20(26)19-13-23-21(24-14-19)25-16(2)18-9-4-3-5-10-18/h3-11,13-14,16H,12H2,1-2H3,(H,22,26)(H,23,24,25). The van der Waals surface area contributed by atoms with Gasteiger partial charge in [-0.05, 0) is 25.0 Å². The Morgan fingerprint density at radius 3 is 2.46 bits per heavy atom. The zero-order valence-electron chi connectivity index (χ0n) is 14.9. The summed E-state index contributed by atoms with van der Waals surface area (Å²) < 4.78 is 0. The quantitative estimate of drug-likeness (QED) is 0.711. The summed E-state index contributed by atoms with van der Waals surface area (Å²) in [6.07, 6.45) is 3.08. The fourth-order valence-electron chi connectivity index (χ4n) is 2.65. The largest absolute Gasteiger partial charge is 0.348 e. The van der Waals surface area contributed by atoms with Gasteiger partial charge in [-0.2, -0.15) is 0 Å². The molecule has 2 N–H and O–H groups in total. The lowest BCUT2D eigenvalue weighted by atomic mass is 10.1. The van der Waals surface area contributed by atoms with Crippen LogP contribution in [-0.4, -0.2) is 15.9 Å². The Bertz CT molecular complexity index is 863. The van der Waals surface area contributed by atoms with Crippen LogP contribution in [0.1, 0.15) is 40.0 Å². The van der Waals surface area contributed by atoms with Gasteiger partial charge >= 0.3 is 0 Å². The summed E-state index contributed by atoms with van der Waals surface area (Å²) in [6.45, 7) is 4.55. The Labute approximate surface area is 153 Å². The van der Waals surface area contributed by atoms with Gasteiger partial charge in [0.1, 0.15) is 0 Å². The van der Waals surface area contributed by atoms with E-state index in [1.165, 1.54) is 5.56 Å². The predicted molar refractivity (Wildman–Crippen MR) is 103 cm³/mol. The topological polar surface area (TPSA) is 66.9 Å². The lowest BCUT2D eigenvalue weighted by Gasteiger charge is -2.14. The third kappa shape index (κ3) is 4.66. The molecule has 0 aliphatic carbocycles. The maximum absolute atomic E-state index is 12.2. The average Bonchev–Trinajstić information content (AvgIpc) is 2.67. The van der Waals surface area contributed by atoms with Crippen molar-refractivity contribution in [3.05, 3.63) is 89.2 Å². The molecule has 5 nitrogen and oxygen atoms in total. The van der Waals surface area contributed by atoms with E-state index >= 15 is 0 Å². The number of aryl methyl sites for hydroxylation is 1. The first kappa shape index (κ1) is 17.6. The highest BCUT2D eigenvalue weighted by Crippen LogP contribution is 2.16. The molecule has 3 aromatic rings. The number of benzene rings is 2. The van der Waals surface area contributed by atoms with E-state index < -0.39 is 0 Å². The highest BCUT2D eigenvalue weighted by atomic mass is 16.1. The number of rotatable bonds is 6. The van der Waals surface area contributed by atoms with E-state index in [1.54, 1.807) is 12.4 Å². The number of hydrogen-bond acceptors (Lipinski definition) is 4. The summed E-state index contributed by atoms with van der Waals surface area (Å²) in [5.74, 6) is 0.311. The fraction of sp³-hybridized carbons (Fsp3) is 0.190. The molecule has 0 saturated carbocycles. The molecule has 0 radical (unpaired) electrons. The number of aromatic nitrogens is 2. The van der Waals surface area contributed by atoms with Crippen molar-refractivity contribution in [2.24, 2.45) is 0 Å². The lowest BCUT2D eigenvalue weighted by Crippen LogP contribution is -2.23. The van der Waals surface area contributed by atoms with Gasteiger partial charge in [0.15, 0.2) is 0 Å². The van der Waals surface area contributed by atoms with E-state index in [-0.39, 0.29) is 11.9 Å². The van der Waals surface area contributed by atoms with Crippen LogP contribution in [0.25, 0.3) is 0 Å². The smallest absolute Gasteiger partial charge is 0.254 e. The molecular formula is C21H22N4O. The molecule has 0 saturated heterocycles. The molecular weight excluding hydrogens is 324 g/mol. The predicted octanol–water partition coefficient (Wildman–Crippen LogP) is 3.89. The lowest BCUT2D eigenvalue weighted by molar-refractivity contribution is 0.0950. The Balaban J connectivity index is 1.57. The molecule has 0 bridgehead atoms. The first-order chi connectivity index (χ1) is 12.6. The van der Waals surface area contributed by atoms with Crippen molar-refractivity contribution in [1.82, 2.24) is 15.3 Å². The van der Waals surface area contributed by atoms with Gasteiger partial charge in [0.2, 0.25) is 5.95 Å². The molecule has 2 aromatic carbocycles. The van der Waals surface area contributed by atoms with Crippen molar-refractivity contribution in [3.8, 4) is 0 Å². The van der Waals surface area contributed by atoms with Crippen LogP contribution in [0.4, 0.5) is 5.95 Å². The molecule has 132 valence electrons. The van der Waals surface area contributed by atoms with Crippen molar-refractivity contribution < 1.29 is 4.79 Å². The van der Waals surface area contributed by atoms with E-state index in [1.807, 2.05) is 62.4 Å². The second kappa shape index (κ2) is 8.25. The van der Waals surface area contributed by atoms with Gasteiger partial charge in [-0.15, -0.1) is 0 Å². The van der Waals surface area contributed by atoms with Gasteiger partial charge in [-0.25, -0.2) is 9.97 Å². The SMILES string of the molecule is Cc1cccc(CNC(=O)c2cnc(NC(C)c3ccccc3)nc2)c1. The van der Waals surface area contributed by atoms with Crippen molar-refractivity contribution in [2.45, 2.75) is 26.4 Å². The molecule has 1 unspecified atom stereocenters. The number of anilines is 1. The molecule has 1 atom stereocenters. The van der Waals surface area contributed by atoms with Crippen molar-refractivity contribution in [2.75, 3.05) is 5.32 Å². The van der Waals surface area contributed by atoms with E-state index in [2.05, 4.69) is 26.7 Å². The highest BCUT2D eigenvalue weighted by molar-refractivity contribution is 5.93. The van der Waals surface area contributed by atoms with E-state index in [4.69, 9.17) is 0 Å². The molecule has 0 spiro atoms. The summed E-state index contributed by atoms with van der Waals surface area (Å²) in [5, 5.41) is 6.12. The molecule has 5 heteroatoms. The van der Waals surface area contributed by atoms with Crippen LogP contribution in [0, 0.1) is 6.92 Å². The molecule has 1 amide bonds. The maximum atomic E-state index is 12.2. The fourth-order valence-corrected chi connectivity index (χ4v) is 2.65. The zero-order chi connectivity index (χ0) is 18.4. The first-order valence-electron chi connectivity index (χ1n) is 8.59. The van der Waals surface area contributed by atoms with Gasteiger partial charge in [-0.1, -0.05) is 60.2 Å². The normalized spacial score (nSPS) is 11.6. The van der Waals surface area contributed by atoms with Crippen LogP contribution in [0.3, 0.4) is 0 Å². The Hall–Kier alpha value is -3.21. The minimum atomic E-state index is -0.186. The average molecular weight is 346 g/mol. The maximum Gasteiger partial charge on any atom is 0.254 e. The van der Waals surface area contributed by atoms with Crippen LogP contribution >= 0.6 is 0 Å². The van der Waals surface area contributed by atoms with Crippen molar-refractivity contribution in [1.29, 1.82) is 0 Å². The Morgan fingerprint density at radius 2 is 1.77 bits per heavy atom. The van der Waals surface area contributed by atoms with Gasteiger partial charge in [0.05, 0.1) is 11.6 Å². The number of hydrogen-bond donors (Lipinski definition) is 2. The minimum absolute atomic E-state index is 0.0807. The Kier molecular flexibility index (Phi) is 5.59. The number of nitrogens with zero attached hydrogens (tertiary/aromatic N) is 2. The van der Waals surface area contributed by atoms with Crippen LogP contribution in [0.5, 0.6) is 0 Å². The number of carbonyl (C=O) groups is 1. The van der Waals surface area contributed by atoms with Crippen LogP contribution in [-0.2, 0) is 6.54 Å². The summed E-state index contributed by atoms with van der Waals surface area (Å²) in [5.41, 5.74) is 3.82. The first-order valence-corrected chi connectivity index (χ1v) is 8.59. The summed E-state index contributed by atoms with van der Waals surface area (Å²) in [6, 6.07) is 18.2. The monoisotopic (exact) mass is 346 g/mol. The molecule has 0 fully saturated rings. The van der Waals surface area contributed by atoms with Gasteiger partial charge in [-0.3, -0.25) is 4.79 Å². The number of carbonyl (C=O) groups excluding carboxylic acids is 1. The van der Waals surface area contributed by atoms with Gasteiger partial charge in [0.25, 0.3) is 5.91 Å². The van der Waals surface area contributed by atoms with Crippen molar-refractivity contribution in [3.63, 3.8) is 0 Å². The third-order valence-corrected chi connectivity index (χ3v) is 4.09. The Morgan fingerprint density at radius 1 is 1.04 bits per heavy atom. The zero-order valence-corrected chi connectivity index (χ0v) is 14.9. The van der Waals surface area contributed by atoms with E-state index in [0.717, 1.165) is 11.1 Å². The van der Waals surface area contributed by atoms with Gasteiger partial charge in [0, 0.05) is 18.9 Å². The molecule has 1 heterocycles. The van der Waals surface area contributed by atoms with Gasteiger partial charge < -0.3 is 10.6 Å². The number of amides is 1. The summed E-state index contributed by atoms with van der Waals surface area (Å²) in [7, 11) is 0. The second-order valence-electron chi connectivity index (χ2n) is 6.24. The molecule has 26 heavy (non-hydrogen) atoms. The molecule has 0 aliphatic heterocycles. The number of nitrogens with one attached hydrogen (secondary N) is 2. The molecule has 0 aliphatic rings. The third-order valence-electron chi connectivity index (χ3n) is 4.09. The second-order valence-corrected chi connectivity index (χ2v) is 6.24. The van der Waals surface area contributed by atoms with E-state index in [9.17, 15) is 4.79 Å². The molecule has 3 rings (SSSR count).